The van der Waals surface area contributed by atoms with E-state index in [-0.39, 0.29) is 0 Å². The molecule has 0 unspecified atom stereocenters. The van der Waals surface area contributed by atoms with E-state index in [4.69, 9.17) is 32.1 Å². The molecular weight excluding hydrogens is 498 g/mol. The maximum absolute atomic E-state index is 8.83. The first kappa shape index (κ1) is 35.8. The molecular formula is C16H44As2N2O8. The fourth-order valence-corrected chi connectivity index (χ4v) is 1.91. The van der Waals surface area contributed by atoms with Gasteiger partial charge in [0.05, 0.1) is 13.1 Å². The number of hydrogen-bond donors (Lipinski definition) is 6. The molecule has 0 saturated carbocycles. The third-order valence-electron chi connectivity index (χ3n) is 3.21. The van der Waals surface area contributed by atoms with Crippen LogP contribution in [0.1, 0.15) is 90.9 Å². The van der Waals surface area contributed by atoms with Gasteiger partial charge in [-0.15, -0.1) is 0 Å². The molecule has 10 N–H and O–H groups in total. The molecule has 0 aliphatic carbocycles. The van der Waals surface area contributed by atoms with Crippen molar-refractivity contribution in [3.05, 3.63) is 0 Å². The normalized spacial score (nSPS) is 10.6. The zero-order valence-corrected chi connectivity index (χ0v) is 21.4. The monoisotopic (exact) mass is 542 g/mol. The summed E-state index contributed by atoms with van der Waals surface area (Å²) in [4.78, 5) is 0. The Hall–Kier alpha value is 0.397. The summed E-state index contributed by atoms with van der Waals surface area (Å²) in [5.74, 6) is 0. The fourth-order valence-electron chi connectivity index (χ4n) is 1.91. The van der Waals surface area contributed by atoms with Crippen LogP contribution in [0.3, 0.4) is 0 Å². The first-order valence-corrected chi connectivity index (χ1v) is 16.4. The van der Waals surface area contributed by atoms with Crippen LogP contribution in [-0.2, 0) is 7.48 Å². The van der Waals surface area contributed by atoms with Gasteiger partial charge in [-0.2, -0.15) is 0 Å². The molecule has 12 heteroatoms. The van der Waals surface area contributed by atoms with Crippen LogP contribution in [-0.4, -0.2) is 58.5 Å². The summed E-state index contributed by atoms with van der Waals surface area (Å²) in [5, 5.41) is 0. The minimum absolute atomic E-state index is 1.12. The molecule has 0 amide bonds. The van der Waals surface area contributed by atoms with Gasteiger partial charge in [0.25, 0.3) is 0 Å². The van der Waals surface area contributed by atoms with Gasteiger partial charge in [-0.05, 0) is 25.7 Å². The molecule has 0 heterocycles. The Morgan fingerprint density at radius 2 is 0.750 bits per heavy atom. The Bertz CT molecular complexity index is 302. The Kier molecular flexibility index (Phi) is 35.0. The van der Waals surface area contributed by atoms with Crippen LogP contribution >= 0.6 is 0 Å². The molecule has 0 atom stereocenters. The molecule has 0 aromatic carbocycles. The fraction of sp³-hybridized carbons (Fsp3) is 1.00. The number of hydrogen-bond acceptors (Lipinski definition) is 4. The van der Waals surface area contributed by atoms with Crippen molar-refractivity contribution in [3.8, 4) is 0 Å². The zero-order valence-electron chi connectivity index (χ0n) is 17.6. The van der Waals surface area contributed by atoms with Crippen LogP contribution in [0.5, 0.6) is 0 Å². The Balaban J connectivity index is -0.000000143. The van der Waals surface area contributed by atoms with Gasteiger partial charge < -0.3 is 11.5 Å². The van der Waals surface area contributed by atoms with Gasteiger partial charge in [-0.25, -0.2) is 0 Å². The maximum atomic E-state index is 8.83. The second-order valence-corrected chi connectivity index (χ2v) is 10.3. The van der Waals surface area contributed by atoms with Crippen LogP contribution in [0.25, 0.3) is 0 Å². The summed E-state index contributed by atoms with van der Waals surface area (Å²) in [5.41, 5.74) is 7.61. The number of rotatable bonds is 12. The Morgan fingerprint density at radius 1 is 0.571 bits per heavy atom. The van der Waals surface area contributed by atoms with Gasteiger partial charge in [0.2, 0.25) is 0 Å². The van der Waals surface area contributed by atoms with E-state index in [0.29, 0.717) is 0 Å². The SMILES string of the molecule is CCCCCCCC[NH3+].CCCCCCCC[NH3+].O=[As]([O-])(O)O.O=[As]([O-])(O)O. The summed E-state index contributed by atoms with van der Waals surface area (Å²) < 4.78 is 63.9. The van der Waals surface area contributed by atoms with Crippen LogP contribution < -0.4 is 19.7 Å². The van der Waals surface area contributed by atoms with Crippen LogP contribution in [0, 0.1) is 0 Å². The van der Waals surface area contributed by atoms with E-state index < -0.39 is 29.0 Å². The molecule has 28 heavy (non-hydrogen) atoms. The number of quaternary nitrogens is 2. The van der Waals surface area contributed by atoms with Gasteiger partial charge in [-0.3, -0.25) is 0 Å². The van der Waals surface area contributed by atoms with Crippen molar-refractivity contribution < 1.29 is 43.5 Å². The number of unbranched alkanes of at least 4 members (excludes halogenated alkanes) is 10. The Morgan fingerprint density at radius 3 is 0.929 bits per heavy atom. The molecule has 0 bridgehead atoms. The molecule has 0 saturated heterocycles. The third kappa shape index (κ3) is 111. The summed E-state index contributed by atoms with van der Waals surface area (Å²) in [7, 11) is 0. The van der Waals surface area contributed by atoms with Gasteiger partial charge in [0.1, 0.15) is 0 Å². The predicted octanol–water partition coefficient (Wildman–Crippen LogP) is -2.43. The third-order valence-corrected chi connectivity index (χ3v) is 3.21. The van der Waals surface area contributed by atoms with E-state index >= 15 is 0 Å². The van der Waals surface area contributed by atoms with Gasteiger partial charge in [-0.1, -0.05) is 65.2 Å². The predicted molar refractivity (Wildman–Crippen MR) is 104 cm³/mol. The summed E-state index contributed by atoms with van der Waals surface area (Å²) in [6, 6.07) is 0. The van der Waals surface area contributed by atoms with Crippen LogP contribution in [0.4, 0.5) is 0 Å². The quantitative estimate of drug-likeness (QED) is 0.115. The second kappa shape index (κ2) is 27.4. The summed E-state index contributed by atoms with van der Waals surface area (Å²) in [6.45, 7) is 6.74. The van der Waals surface area contributed by atoms with E-state index in [1.165, 1.54) is 77.0 Å². The van der Waals surface area contributed by atoms with Crippen molar-refractivity contribution in [2.24, 2.45) is 0 Å². The van der Waals surface area contributed by atoms with E-state index in [1.807, 2.05) is 0 Å². The van der Waals surface area contributed by atoms with Crippen LogP contribution in [0.2, 0.25) is 0 Å². The molecule has 176 valence electrons. The summed E-state index contributed by atoms with van der Waals surface area (Å²) >= 11 is -10.8. The van der Waals surface area contributed by atoms with Crippen molar-refractivity contribution in [3.63, 3.8) is 0 Å². The van der Waals surface area contributed by atoms with E-state index in [9.17, 15) is 0 Å². The molecule has 0 aromatic rings. The van der Waals surface area contributed by atoms with E-state index in [1.54, 1.807) is 0 Å². The van der Waals surface area contributed by atoms with Gasteiger partial charge in [0, 0.05) is 0 Å². The average Bonchev–Trinajstić information content (AvgIpc) is 2.52. The zero-order chi connectivity index (χ0) is 22.9. The molecule has 0 spiro atoms. The van der Waals surface area contributed by atoms with E-state index in [2.05, 4.69) is 25.3 Å². The van der Waals surface area contributed by atoms with Gasteiger partial charge >= 0.3 is 61.1 Å². The molecule has 0 aliphatic heterocycles. The second-order valence-electron chi connectivity index (χ2n) is 6.22. The molecule has 0 rings (SSSR count). The topological polar surface area (TPSA) is 216 Å². The molecule has 0 aliphatic rings. The van der Waals surface area contributed by atoms with Crippen molar-refractivity contribution in [2.45, 2.75) is 90.9 Å². The average molecular weight is 542 g/mol. The molecule has 0 fully saturated rings. The van der Waals surface area contributed by atoms with Crippen molar-refractivity contribution in [1.82, 2.24) is 0 Å². The standard InChI is InChI=1S/2C8H19N.2AsH3O4/c2*1-2-3-4-5-6-7-8-9;2*2-1(3,4)5/h2*2-9H2,1H3;2*(H3,2,3,4,5). The minimum atomic E-state index is -5.38. The van der Waals surface area contributed by atoms with Gasteiger partial charge in [0.15, 0.2) is 0 Å². The Labute approximate surface area is 176 Å². The van der Waals surface area contributed by atoms with Crippen molar-refractivity contribution in [2.75, 3.05) is 13.1 Å². The van der Waals surface area contributed by atoms with Crippen LogP contribution in [0.15, 0.2) is 0 Å². The van der Waals surface area contributed by atoms with Crippen molar-refractivity contribution >= 4 is 29.0 Å². The first-order chi connectivity index (χ1) is 12.8. The van der Waals surface area contributed by atoms with Crippen molar-refractivity contribution in [1.29, 1.82) is 0 Å². The van der Waals surface area contributed by atoms with E-state index in [0.717, 1.165) is 13.1 Å². The molecule has 0 aromatic heterocycles. The first-order valence-electron chi connectivity index (χ1n) is 9.94. The summed E-state index contributed by atoms with van der Waals surface area (Å²) in [6.07, 6.45) is 16.7. The molecule has 10 nitrogen and oxygen atoms in total. The molecule has 0 radical (unpaired) electrons.